The van der Waals surface area contributed by atoms with Gasteiger partial charge in [-0.25, -0.2) is 8.42 Å². The van der Waals surface area contributed by atoms with Crippen LogP contribution in [-0.4, -0.2) is 52.0 Å². The topological polar surface area (TPSA) is 97.8 Å². The Hall–Kier alpha value is -3.33. The highest BCUT2D eigenvalue weighted by Gasteiger charge is 2.17. The average Bonchev–Trinajstić information content (AvgIpc) is 2.72. The van der Waals surface area contributed by atoms with E-state index in [1.807, 2.05) is 0 Å². The van der Waals surface area contributed by atoms with Crippen LogP contribution in [0.15, 0.2) is 59.6 Å². The van der Waals surface area contributed by atoms with Gasteiger partial charge in [0.25, 0.3) is 15.9 Å². The summed E-state index contributed by atoms with van der Waals surface area (Å²) in [7, 11) is 0.956. The summed E-state index contributed by atoms with van der Waals surface area (Å²) in [6.07, 6.45) is 1.61. The Balaban J connectivity index is 1.82. The third kappa shape index (κ3) is 4.57. The van der Waals surface area contributed by atoms with Crippen molar-refractivity contribution in [2.45, 2.75) is 4.90 Å². The number of ether oxygens (including phenoxy) is 2. The van der Waals surface area contributed by atoms with Gasteiger partial charge in [0.05, 0.1) is 17.7 Å². The van der Waals surface area contributed by atoms with E-state index in [0.29, 0.717) is 28.1 Å². The molecule has 1 aromatic heterocycles. The van der Waals surface area contributed by atoms with E-state index in [1.165, 1.54) is 36.3 Å². The van der Waals surface area contributed by atoms with Crippen LogP contribution in [0.1, 0.15) is 0 Å². The number of carbonyl (C=O) groups excluding carboxylic acids is 1. The fourth-order valence-electron chi connectivity index (χ4n) is 2.59. The summed E-state index contributed by atoms with van der Waals surface area (Å²) < 4.78 is 38.8. The number of fused-ring (bicyclic) bond motifs is 1. The van der Waals surface area contributed by atoms with Crippen LogP contribution >= 0.6 is 0 Å². The van der Waals surface area contributed by atoms with Crippen molar-refractivity contribution in [1.29, 1.82) is 0 Å². The number of anilines is 1. The second-order valence-electron chi connectivity index (χ2n) is 6.37. The number of hydrogen-bond donors (Lipinski definition) is 1. The number of methoxy groups -OCH3 is 1. The number of rotatable bonds is 7. The van der Waals surface area contributed by atoms with Gasteiger partial charge in [-0.05, 0) is 48.5 Å². The van der Waals surface area contributed by atoms with E-state index < -0.39 is 10.0 Å². The normalized spacial score (nSPS) is 11.1. The van der Waals surface area contributed by atoms with Gasteiger partial charge in [-0.15, -0.1) is 0 Å². The highest BCUT2D eigenvalue weighted by atomic mass is 32.2. The third-order valence-electron chi connectivity index (χ3n) is 4.19. The largest absolute Gasteiger partial charge is 0.494 e. The zero-order valence-corrected chi connectivity index (χ0v) is 17.1. The van der Waals surface area contributed by atoms with Crippen molar-refractivity contribution < 1.29 is 22.7 Å². The van der Waals surface area contributed by atoms with Gasteiger partial charge in [-0.3, -0.25) is 14.5 Å². The lowest BCUT2D eigenvalue weighted by Crippen LogP contribution is -2.27. The standard InChI is InChI=1S/C20H21N3O5S/c1-23(2)19(24)13-28-14-6-8-15(9-7-14)29(25,26)22-17-10-11-18(27-3)20-16(17)5-4-12-21-20/h4-12,22H,13H2,1-3H3. The summed E-state index contributed by atoms with van der Waals surface area (Å²) >= 11 is 0. The predicted octanol–water partition coefficient (Wildman–Crippen LogP) is 2.51. The Morgan fingerprint density at radius 2 is 1.83 bits per heavy atom. The molecule has 0 aliphatic carbocycles. The molecule has 0 fully saturated rings. The van der Waals surface area contributed by atoms with Crippen LogP contribution < -0.4 is 14.2 Å². The molecule has 152 valence electrons. The molecule has 0 spiro atoms. The summed E-state index contributed by atoms with van der Waals surface area (Å²) in [5.74, 6) is 0.763. The molecule has 1 heterocycles. The van der Waals surface area contributed by atoms with E-state index >= 15 is 0 Å². The molecular weight excluding hydrogens is 394 g/mol. The second kappa shape index (κ2) is 8.36. The van der Waals surface area contributed by atoms with Gasteiger partial charge in [0.2, 0.25) is 0 Å². The zero-order chi connectivity index (χ0) is 21.0. The maximum atomic E-state index is 12.8. The SMILES string of the molecule is COc1ccc(NS(=O)(=O)c2ccc(OCC(=O)N(C)C)cc2)c2cccnc12. The molecule has 1 N–H and O–H groups in total. The summed E-state index contributed by atoms with van der Waals surface area (Å²) in [4.78, 5) is 17.3. The minimum absolute atomic E-state index is 0.0663. The number of benzene rings is 2. The van der Waals surface area contributed by atoms with Gasteiger partial charge >= 0.3 is 0 Å². The van der Waals surface area contributed by atoms with Crippen molar-refractivity contribution in [2.75, 3.05) is 32.5 Å². The van der Waals surface area contributed by atoms with Gasteiger partial charge in [-0.1, -0.05) is 0 Å². The van der Waals surface area contributed by atoms with Crippen molar-refractivity contribution in [3.8, 4) is 11.5 Å². The van der Waals surface area contributed by atoms with Crippen molar-refractivity contribution in [3.63, 3.8) is 0 Å². The molecule has 29 heavy (non-hydrogen) atoms. The number of pyridine rings is 1. The first-order valence-electron chi connectivity index (χ1n) is 8.69. The van der Waals surface area contributed by atoms with E-state index in [0.717, 1.165) is 0 Å². The van der Waals surface area contributed by atoms with E-state index in [1.54, 1.807) is 44.6 Å². The molecule has 0 bridgehead atoms. The van der Waals surface area contributed by atoms with Gasteiger partial charge in [0.1, 0.15) is 17.0 Å². The van der Waals surface area contributed by atoms with Crippen LogP contribution in [0.4, 0.5) is 5.69 Å². The lowest BCUT2D eigenvalue weighted by molar-refractivity contribution is -0.130. The molecule has 1 amide bonds. The van der Waals surface area contributed by atoms with E-state index in [2.05, 4.69) is 9.71 Å². The number of likely N-dealkylation sites (N-methyl/N-ethyl adjacent to an activating group) is 1. The van der Waals surface area contributed by atoms with E-state index in [4.69, 9.17) is 9.47 Å². The highest BCUT2D eigenvalue weighted by Crippen LogP contribution is 2.31. The molecule has 0 aliphatic rings. The number of nitrogens with one attached hydrogen (secondary N) is 1. The number of carbonyl (C=O) groups is 1. The quantitative estimate of drug-likeness (QED) is 0.637. The fourth-order valence-corrected chi connectivity index (χ4v) is 3.67. The Kier molecular flexibility index (Phi) is 5.88. The minimum atomic E-state index is -3.84. The Morgan fingerprint density at radius 3 is 2.48 bits per heavy atom. The zero-order valence-electron chi connectivity index (χ0n) is 16.2. The monoisotopic (exact) mass is 415 g/mol. The number of hydrogen-bond acceptors (Lipinski definition) is 6. The maximum absolute atomic E-state index is 12.8. The van der Waals surface area contributed by atoms with Gasteiger partial charge < -0.3 is 14.4 Å². The lowest BCUT2D eigenvalue weighted by Gasteiger charge is -2.13. The van der Waals surface area contributed by atoms with Crippen LogP contribution in [0.5, 0.6) is 11.5 Å². The molecule has 3 aromatic rings. The first kappa shape index (κ1) is 20.4. The van der Waals surface area contributed by atoms with Crippen LogP contribution in [0.2, 0.25) is 0 Å². The molecule has 0 atom stereocenters. The summed E-state index contributed by atoms with van der Waals surface area (Å²) in [5.41, 5.74) is 0.954. The number of amides is 1. The molecular formula is C20H21N3O5S. The lowest BCUT2D eigenvalue weighted by atomic mass is 10.2. The van der Waals surface area contributed by atoms with Crippen LogP contribution in [0.25, 0.3) is 10.9 Å². The average molecular weight is 415 g/mol. The van der Waals surface area contributed by atoms with Gasteiger partial charge in [0.15, 0.2) is 6.61 Å². The summed E-state index contributed by atoms with van der Waals surface area (Å²) in [5, 5.41) is 0.623. The molecule has 9 heteroatoms. The van der Waals surface area contributed by atoms with Crippen molar-refractivity contribution >= 4 is 32.5 Å². The molecule has 2 aromatic carbocycles. The van der Waals surface area contributed by atoms with Gasteiger partial charge in [0, 0.05) is 25.7 Å². The third-order valence-corrected chi connectivity index (χ3v) is 5.57. The number of aromatic nitrogens is 1. The highest BCUT2D eigenvalue weighted by molar-refractivity contribution is 7.92. The Morgan fingerprint density at radius 1 is 1.10 bits per heavy atom. The Bertz CT molecular complexity index is 1130. The van der Waals surface area contributed by atoms with Crippen molar-refractivity contribution in [1.82, 2.24) is 9.88 Å². The summed E-state index contributed by atoms with van der Waals surface area (Å²) in [6, 6.07) is 12.6. The molecule has 3 rings (SSSR count). The molecule has 8 nitrogen and oxygen atoms in total. The van der Waals surface area contributed by atoms with Crippen LogP contribution in [-0.2, 0) is 14.8 Å². The van der Waals surface area contributed by atoms with Crippen LogP contribution in [0.3, 0.4) is 0 Å². The minimum Gasteiger partial charge on any atom is -0.494 e. The first-order chi connectivity index (χ1) is 13.8. The molecule has 0 radical (unpaired) electrons. The van der Waals surface area contributed by atoms with Crippen molar-refractivity contribution in [2.24, 2.45) is 0 Å². The predicted molar refractivity (Wildman–Crippen MR) is 110 cm³/mol. The summed E-state index contributed by atoms with van der Waals surface area (Å²) in [6.45, 7) is -0.123. The molecule has 0 unspecified atom stereocenters. The van der Waals surface area contributed by atoms with Crippen LogP contribution in [0, 0.1) is 0 Å². The number of nitrogens with zero attached hydrogens (tertiary/aromatic N) is 2. The maximum Gasteiger partial charge on any atom is 0.261 e. The van der Waals surface area contributed by atoms with Gasteiger partial charge in [-0.2, -0.15) is 0 Å². The molecule has 0 aliphatic heterocycles. The fraction of sp³-hybridized carbons (Fsp3) is 0.200. The van der Waals surface area contributed by atoms with Crippen molar-refractivity contribution in [3.05, 3.63) is 54.7 Å². The molecule has 0 saturated heterocycles. The molecule has 0 saturated carbocycles. The van der Waals surface area contributed by atoms with E-state index in [-0.39, 0.29) is 17.4 Å². The first-order valence-corrected chi connectivity index (χ1v) is 10.2. The smallest absolute Gasteiger partial charge is 0.261 e. The van der Waals surface area contributed by atoms with E-state index in [9.17, 15) is 13.2 Å². The Labute approximate surface area is 169 Å². The second-order valence-corrected chi connectivity index (χ2v) is 8.05. The number of sulfonamides is 1.